The molecule has 0 atom stereocenters. The molecule has 2 rings (SSSR count). The molecule has 0 unspecified atom stereocenters. The molecule has 0 radical (unpaired) electrons. The van der Waals surface area contributed by atoms with E-state index in [9.17, 15) is 4.39 Å². The Balaban J connectivity index is 2.13. The number of nitrogens with zero attached hydrogens (tertiary/aromatic N) is 2. The van der Waals surface area contributed by atoms with Crippen LogP contribution in [-0.4, -0.2) is 15.9 Å². The highest BCUT2D eigenvalue weighted by atomic mass is 35.5. The van der Waals surface area contributed by atoms with Crippen molar-refractivity contribution in [3.05, 3.63) is 40.4 Å². The SMILES string of the molecule is CCNc1nc(Cc2ccc(F)cc2Cl)ns1. The molecule has 1 aromatic heterocycles. The van der Waals surface area contributed by atoms with Crippen molar-refractivity contribution in [3.8, 4) is 0 Å². The van der Waals surface area contributed by atoms with Gasteiger partial charge in [0.05, 0.1) is 0 Å². The Labute approximate surface area is 108 Å². The van der Waals surface area contributed by atoms with Crippen LogP contribution in [0.3, 0.4) is 0 Å². The highest BCUT2D eigenvalue weighted by Crippen LogP contribution is 2.21. The summed E-state index contributed by atoms with van der Waals surface area (Å²) in [5.41, 5.74) is 0.828. The highest BCUT2D eigenvalue weighted by Gasteiger charge is 2.07. The molecule has 1 N–H and O–H groups in total. The Morgan fingerprint density at radius 2 is 2.29 bits per heavy atom. The Morgan fingerprint density at radius 1 is 1.47 bits per heavy atom. The van der Waals surface area contributed by atoms with E-state index in [0.29, 0.717) is 17.3 Å². The topological polar surface area (TPSA) is 37.8 Å². The molecule has 2 aromatic rings. The standard InChI is InChI=1S/C11H11ClFN3S/c1-2-14-11-15-10(16-17-11)5-7-3-4-8(13)6-9(7)12/h3-4,6H,2,5H2,1H3,(H,14,15,16). The first-order chi connectivity index (χ1) is 8.19. The molecule has 0 amide bonds. The minimum absolute atomic E-state index is 0.335. The molecule has 0 saturated heterocycles. The number of benzene rings is 1. The summed E-state index contributed by atoms with van der Waals surface area (Å²) < 4.78 is 17.1. The van der Waals surface area contributed by atoms with E-state index < -0.39 is 0 Å². The highest BCUT2D eigenvalue weighted by molar-refractivity contribution is 7.09. The van der Waals surface area contributed by atoms with Gasteiger partial charge in [0.25, 0.3) is 0 Å². The van der Waals surface area contributed by atoms with Gasteiger partial charge in [0.1, 0.15) is 11.6 Å². The summed E-state index contributed by atoms with van der Waals surface area (Å²) in [6.45, 7) is 2.81. The second kappa shape index (κ2) is 5.42. The minimum atomic E-state index is -0.335. The molecule has 0 fully saturated rings. The van der Waals surface area contributed by atoms with Crippen LogP contribution in [0.2, 0.25) is 5.02 Å². The van der Waals surface area contributed by atoms with Crippen molar-refractivity contribution >= 4 is 28.3 Å². The average molecular weight is 272 g/mol. The van der Waals surface area contributed by atoms with Crippen molar-refractivity contribution < 1.29 is 4.39 Å². The van der Waals surface area contributed by atoms with E-state index in [1.165, 1.54) is 23.7 Å². The van der Waals surface area contributed by atoms with E-state index in [2.05, 4.69) is 14.7 Å². The molecule has 0 bridgehead atoms. The van der Waals surface area contributed by atoms with Gasteiger partial charge >= 0.3 is 0 Å². The predicted molar refractivity (Wildman–Crippen MR) is 68.3 cm³/mol. The molecule has 0 aliphatic carbocycles. The molecule has 0 aliphatic rings. The molecular weight excluding hydrogens is 261 g/mol. The third-order valence-corrected chi connectivity index (χ3v) is 3.22. The Hall–Kier alpha value is -1.20. The van der Waals surface area contributed by atoms with Gasteiger partial charge in [0.2, 0.25) is 5.13 Å². The van der Waals surface area contributed by atoms with Gasteiger partial charge < -0.3 is 5.32 Å². The average Bonchev–Trinajstić information content (AvgIpc) is 2.71. The zero-order chi connectivity index (χ0) is 12.3. The van der Waals surface area contributed by atoms with Crippen LogP contribution in [0.25, 0.3) is 0 Å². The second-order valence-electron chi connectivity index (χ2n) is 3.46. The first kappa shape index (κ1) is 12.3. The molecule has 3 nitrogen and oxygen atoms in total. The van der Waals surface area contributed by atoms with Crippen molar-refractivity contribution in [2.24, 2.45) is 0 Å². The van der Waals surface area contributed by atoms with E-state index >= 15 is 0 Å². The monoisotopic (exact) mass is 271 g/mol. The maximum atomic E-state index is 12.9. The third kappa shape index (κ3) is 3.14. The van der Waals surface area contributed by atoms with Crippen LogP contribution in [0.15, 0.2) is 18.2 Å². The molecule has 1 heterocycles. The fourth-order valence-electron chi connectivity index (χ4n) is 1.38. The molecule has 17 heavy (non-hydrogen) atoms. The largest absolute Gasteiger partial charge is 0.361 e. The van der Waals surface area contributed by atoms with Crippen LogP contribution in [-0.2, 0) is 6.42 Å². The van der Waals surface area contributed by atoms with Gasteiger partial charge in [0, 0.05) is 29.5 Å². The van der Waals surface area contributed by atoms with Crippen LogP contribution in [0, 0.1) is 5.82 Å². The second-order valence-corrected chi connectivity index (χ2v) is 4.62. The van der Waals surface area contributed by atoms with Crippen LogP contribution in [0.5, 0.6) is 0 Å². The van der Waals surface area contributed by atoms with Crippen LogP contribution >= 0.6 is 23.1 Å². The predicted octanol–water partition coefficient (Wildman–Crippen LogP) is 3.35. The summed E-state index contributed by atoms with van der Waals surface area (Å²) >= 11 is 7.25. The van der Waals surface area contributed by atoms with Gasteiger partial charge in [-0.15, -0.1) is 0 Å². The van der Waals surface area contributed by atoms with Crippen molar-refractivity contribution in [1.82, 2.24) is 9.36 Å². The van der Waals surface area contributed by atoms with Crippen LogP contribution < -0.4 is 5.32 Å². The lowest BCUT2D eigenvalue weighted by atomic mass is 10.1. The van der Waals surface area contributed by atoms with Gasteiger partial charge in [-0.2, -0.15) is 4.37 Å². The first-order valence-electron chi connectivity index (χ1n) is 5.19. The van der Waals surface area contributed by atoms with E-state index in [1.807, 2.05) is 6.92 Å². The normalized spacial score (nSPS) is 10.5. The van der Waals surface area contributed by atoms with Crippen molar-refractivity contribution in [3.63, 3.8) is 0 Å². The molecular formula is C11H11ClFN3S. The van der Waals surface area contributed by atoms with Gasteiger partial charge in [-0.05, 0) is 24.6 Å². The fraction of sp³-hybridized carbons (Fsp3) is 0.273. The molecule has 0 saturated carbocycles. The number of halogens is 2. The summed E-state index contributed by atoms with van der Waals surface area (Å²) in [5, 5.41) is 4.29. The summed E-state index contributed by atoms with van der Waals surface area (Å²) in [6, 6.07) is 4.35. The van der Waals surface area contributed by atoms with E-state index in [4.69, 9.17) is 11.6 Å². The molecule has 0 aliphatic heterocycles. The zero-order valence-electron chi connectivity index (χ0n) is 9.20. The number of hydrogen-bond acceptors (Lipinski definition) is 4. The molecule has 90 valence electrons. The lowest BCUT2D eigenvalue weighted by Gasteiger charge is -2.00. The minimum Gasteiger partial charge on any atom is -0.361 e. The number of rotatable bonds is 4. The number of nitrogens with one attached hydrogen (secondary N) is 1. The van der Waals surface area contributed by atoms with Crippen LogP contribution in [0.4, 0.5) is 9.52 Å². The van der Waals surface area contributed by atoms with Gasteiger partial charge in [-0.25, -0.2) is 9.37 Å². The Kier molecular flexibility index (Phi) is 3.91. The maximum Gasteiger partial charge on any atom is 0.202 e. The third-order valence-electron chi connectivity index (χ3n) is 2.16. The summed E-state index contributed by atoms with van der Waals surface area (Å²) in [5.74, 6) is 0.359. The fourth-order valence-corrected chi connectivity index (χ4v) is 2.27. The lowest BCUT2D eigenvalue weighted by molar-refractivity contribution is 0.627. The Morgan fingerprint density at radius 3 is 3.00 bits per heavy atom. The van der Waals surface area contributed by atoms with Gasteiger partial charge in [0.15, 0.2) is 0 Å². The lowest BCUT2D eigenvalue weighted by Crippen LogP contribution is -1.97. The summed E-state index contributed by atoms with van der Waals surface area (Å²) in [6.07, 6.45) is 0.515. The van der Waals surface area contributed by atoms with E-state index in [-0.39, 0.29) is 5.82 Å². The molecule has 0 spiro atoms. The maximum absolute atomic E-state index is 12.9. The van der Waals surface area contributed by atoms with Crippen molar-refractivity contribution in [2.45, 2.75) is 13.3 Å². The zero-order valence-corrected chi connectivity index (χ0v) is 10.8. The smallest absolute Gasteiger partial charge is 0.202 e. The number of aromatic nitrogens is 2. The summed E-state index contributed by atoms with van der Waals surface area (Å²) in [4.78, 5) is 4.30. The van der Waals surface area contributed by atoms with Gasteiger partial charge in [-0.3, -0.25) is 0 Å². The van der Waals surface area contributed by atoms with Gasteiger partial charge in [-0.1, -0.05) is 17.7 Å². The number of hydrogen-bond donors (Lipinski definition) is 1. The van der Waals surface area contributed by atoms with Crippen LogP contribution in [0.1, 0.15) is 18.3 Å². The van der Waals surface area contributed by atoms with E-state index in [1.54, 1.807) is 6.07 Å². The van der Waals surface area contributed by atoms with Crippen molar-refractivity contribution in [2.75, 3.05) is 11.9 Å². The Bertz CT molecular complexity index is 515. The quantitative estimate of drug-likeness (QED) is 0.927. The first-order valence-corrected chi connectivity index (χ1v) is 6.34. The van der Waals surface area contributed by atoms with E-state index in [0.717, 1.165) is 17.2 Å². The molecule has 1 aromatic carbocycles. The summed E-state index contributed by atoms with van der Waals surface area (Å²) in [7, 11) is 0. The number of anilines is 1. The molecule has 6 heteroatoms. The van der Waals surface area contributed by atoms with Crippen molar-refractivity contribution in [1.29, 1.82) is 0 Å².